The van der Waals surface area contributed by atoms with E-state index in [1.54, 1.807) is 0 Å². The molecule has 5 aliphatic rings. The van der Waals surface area contributed by atoms with Crippen LogP contribution in [0.15, 0.2) is 0 Å². The molecule has 5 aliphatic heterocycles. The first-order valence-electron chi connectivity index (χ1n) is 9.17. The average Bonchev–Trinajstić information content (AvgIpc) is 3.19. The van der Waals surface area contributed by atoms with Crippen LogP contribution in [-0.4, -0.2) is 89.1 Å². The summed E-state index contributed by atoms with van der Waals surface area (Å²) in [6, 6.07) is 0. The monoisotopic (exact) mass is 702 g/mol. The molecule has 0 saturated carbocycles. The molecule has 186 valence electrons. The molecule has 5 fully saturated rings. The Labute approximate surface area is 234 Å². The second kappa shape index (κ2) is 18.2. The van der Waals surface area contributed by atoms with E-state index in [9.17, 15) is 19.2 Å². The van der Waals surface area contributed by atoms with Crippen molar-refractivity contribution in [2.24, 2.45) is 0 Å². The number of piperazine rings is 3. The number of nitrogens with zero attached hydrogens (tertiary/aromatic N) is 4. The van der Waals surface area contributed by atoms with Crippen molar-refractivity contribution in [2.45, 2.75) is 34.3 Å². The molecule has 0 aromatic rings. The number of amides is 4. The molecule has 4 amide bonds. The standard InChI is InChI=1S/C6H12N2.2C4H4BrNO2.2CHCl3/c1-2-8-5-3-7(1)4-6-8;2*5-6-3(7)1-2-4(6)8;2*2-1(3)4/h1-6H2;2*1-2H2;2*1H. The molecule has 0 atom stereocenters. The minimum absolute atomic E-state index is 0.144. The number of rotatable bonds is 0. The summed E-state index contributed by atoms with van der Waals surface area (Å²) in [5.41, 5.74) is 0. The van der Waals surface area contributed by atoms with E-state index in [4.69, 9.17) is 69.6 Å². The lowest BCUT2D eigenvalue weighted by atomic mass is 10.2. The smallest absolute Gasteiger partial charge is 0.239 e. The van der Waals surface area contributed by atoms with Gasteiger partial charge in [0.15, 0.2) is 8.59 Å². The Morgan fingerprint density at radius 3 is 0.719 bits per heavy atom. The minimum atomic E-state index is -0.750. The highest BCUT2D eigenvalue weighted by Crippen LogP contribution is 2.15. The van der Waals surface area contributed by atoms with Crippen molar-refractivity contribution in [3.63, 3.8) is 0 Å². The lowest BCUT2D eigenvalue weighted by Crippen LogP contribution is -2.55. The van der Waals surface area contributed by atoms with Crippen molar-refractivity contribution in [1.82, 2.24) is 17.7 Å². The summed E-state index contributed by atoms with van der Waals surface area (Å²) in [6.07, 6.45) is 1.41. The molecule has 32 heavy (non-hydrogen) atoms. The van der Waals surface area contributed by atoms with Gasteiger partial charge in [-0.25, -0.2) is 7.85 Å². The number of hydrogen-bond donors (Lipinski definition) is 0. The van der Waals surface area contributed by atoms with Crippen molar-refractivity contribution >= 4 is 126 Å². The molecule has 0 aromatic carbocycles. The SMILES string of the molecule is C1CN2CCN1CC2.ClC(Cl)Cl.ClC(Cl)Cl.O=C1CCC(=O)N1Br.O=C1CCC(=O)N1Br. The van der Waals surface area contributed by atoms with E-state index < -0.39 is 8.59 Å². The third kappa shape index (κ3) is 15.7. The molecule has 5 heterocycles. The minimum Gasteiger partial charge on any atom is -0.300 e. The third-order valence-corrected chi connectivity index (χ3v) is 5.76. The zero-order valence-electron chi connectivity index (χ0n) is 16.7. The maximum atomic E-state index is 10.4. The molecular weight excluding hydrogens is 685 g/mol. The molecule has 2 bridgehead atoms. The maximum Gasteiger partial charge on any atom is 0.239 e. The first kappa shape index (κ1) is 32.9. The molecule has 16 heteroatoms. The van der Waals surface area contributed by atoms with E-state index in [1.807, 2.05) is 0 Å². The summed E-state index contributed by atoms with van der Waals surface area (Å²) >= 11 is 34.4. The summed E-state index contributed by atoms with van der Waals surface area (Å²) in [6.45, 7) is 7.92. The Balaban J connectivity index is 0.000000389. The van der Waals surface area contributed by atoms with Crippen LogP contribution in [0.2, 0.25) is 0 Å². The van der Waals surface area contributed by atoms with Gasteiger partial charge in [-0.15, -0.1) is 0 Å². The first-order valence-corrected chi connectivity index (χ1v) is 13.2. The highest BCUT2D eigenvalue weighted by Gasteiger charge is 2.27. The molecule has 0 N–H and O–H groups in total. The van der Waals surface area contributed by atoms with Crippen molar-refractivity contribution in [3.05, 3.63) is 0 Å². The van der Waals surface area contributed by atoms with E-state index in [0.29, 0.717) is 25.7 Å². The van der Waals surface area contributed by atoms with Crippen molar-refractivity contribution in [2.75, 3.05) is 39.3 Å². The second-order valence-electron chi connectivity index (χ2n) is 6.31. The Hall–Kier alpha value is 0.900. The fourth-order valence-corrected chi connectivity index (χ4v) is 3.33. The average molecular weight is 707 g/mol. The van der Waals surface area contributed by atoms with Crippen LogP contribution in [0.3, 0.4) is 0 Å². The fourth-order valence-electron chi connectivity index (χ4n) is 2.62. The van der Waals surface area contributed by atoms with Crippen molar-refractivity contribution in [3.8, 4) is 0 Å². The van der Waals surface area contributed by atoms with Gasteiger partial charge in [0.1, 0.15) is 0 Å². The van der Waals surface area contributed by atoms with Crippen molar-refractivity contribution in [1.29, 1.82) is 0 Å². The van der Waals surface area contributed by atoms with Crippen LogP contribution in [0, 0.1) is 0 Å². The van der Waals surface area contributed by atoms with Gasteiger partial charge in [0, 0.05) is 65.0 Å². The quantitative estimate of drug-likeness (QED) is 0.210. The lowest BCUT2D eigenvalue weighted by Gasteiger charge is -2.41. The van der Waals surface area contributed by atoms with E-state index in [-0.39, 0.29) is 23.6 Å². The molecule has 0 spiro atoms. The highest BCUT2D eigenvalue weighted by molar-refractivity contribution is 9.08. The molecule has 0 unspecified atom stereocenters. The highest BCUT2D eigenvalue weighted by atomic mass is 79.9. The molecule has 0 aromatic heterocycles. The van der Waals surface area contributed by atoms with Gasteiger partial charge in [-0.3, -0.25) is 29.0 Å². The topological polar surface area (TPSA) is 81.2 Å². The predicted octanol–water partition coefficient (Wildman–Crippen LogP) is 4.48. The van der Waals surface area contributed by atoms with Crippen LogP contribution in [0.1, 0.15) is 25.7 Å². The number of halogens is 8. The predicted molar refractivity (Wildman–Crippen MR) is 136 cm³/mol. The van der Waals surface area contributed by atoms with Gasteiger partial charge in [-0.2, -0.15) is 0 Å². The van der Waals surface area contributed by atoms with Crippen LogP contribution < -0.4 is 0 Å². The van der Waals surface area contributed by atoms with Gasteiger partial charge >= 0.3 is 0 Å². The zero-order valence-corrected chi connectivity index (χ0v) is 24.4. The van der Waals surface area contributed by atoms with Gasteiger partial charge in [-0.1, -0.05) is 69.6 Å². The third-order valence-electron chi connectivity index (χ3n) is 4.18. The Bertz CT molecular complexity index is 527. The summed E-state index contributed by atoms with van der Waals surface area (Å²) < 4.78 is 0.458. The summed E-state index contributed by atoms with van der Waals surface area (Å²) in [5.74, 6) is -0.574. The van der Waals surface area contributed by atoms with Crippen LogP contribution >= 0.6 is 102 Å². The number of alkyl halides is 6. The number of carbonyl (C=O) groups excluding carboxylic acids is 4. The Morgan fingerprint density at radius 2 is 0.656 bits per heavy atom. The lowest BCUT2D eigenvalue weighted by molar-refractivity contribution is -0.133. The second-order valence-corrected chi connectivity index (χ2v) is 11.7. The van der Waals surface area contributed by atoms with E-state index in [0.717, 1.165) is 7.85 Å². The largest absolute Gasteiger partial charge is 0.300 e. The zero-order chi connectivity index (χ0) is 24.8. The summed E-state index contributed by atoms with van der Waals surface area (Å²) in [4.78, 5) is 46.9. The van der Waals surface area contributed by atoms with Gasteiger partial charge in [0.2, 0.25) is 23.6 Å². The summed E-state index contributed by atoms with van der Waals surface area (Å²) in [5, 5.41) is 0. The molecule has 0 radical (unpaired) electrons. The Morgan fingerprint density at radius 1 is 0.500 bits per heavy atom. The number of carbonyl (C=O) groups is 4. The molecule has 5 saturated heterocycles. The van der Waals surface area contributed by atoms with Gasteiger partial charge in [0.25, 0.3) is 0 Å². The number of imide groups is 2. The van der Waals surface area contributed by atoms with Crippen LogP contribution in [0.25, 0.3) is 0 Å². The van der Waals surface area contributed by atoms with E-state index in [2.05, 4.69) is 42.1 Å². The van der Waals surface area contributed by atoms with Crippen molar-refractivity contribution < 1.29 is 19.2 Å². The van der Waals surface area contributed by atoms with Crippen LogP contribution in [0.4, 0.5) is 0 Å². The molecular formula is C16H22Br2Cl6N4O4. The van der Waals surface area contributed by atoms with E-state index in [1.165, 1.54) is 39.3 Å². The normalized spacial score (nSPS) is 23.7. The number of hydrogen-bond acceptors (Lipinski definition) is 6. The van der Waals surface area contributed by atoms with Gasteiger partial charge in [-0.05, 0) is 0 Å². The molecule has 5 rings (SSSR count). The van der Waals surface area contributed by atoms with E-state index >= 15 is 0 Å². The maximum absolute atomic E-state index is 10.4. The number of fused-ring (bicyclic) bond motifs is 3. The molecule has 8 nitrogen and oxygen atoms in total. The van der Waals surface area contributed by atoms with Gasteiger partial charge in [0.05, 0.1) is 32.3 Å². The fraction of sp³-hybridized carbons (Fsp3) is 0.750. The first-order chi connectivity index (χ1) is 14.8. The molecule has 0 aliphatic carbocycles. The summed E-state index contributed by atoms with van der Waals surface area (Å²) in [7, 11) is 0. The van der Waals surface area contributed by atoms with Crippen LogP contribution in [0.5, 0.6) is 0 Å². The van der Waals surface area contributed by atoms with Gasteiger partial charge < -0.3 is 0 Å². The van der Waals surface area contributed by atoms with Crippen LogP contribution in [-0.2, 0) is 19.2 Å². The Kier molecular flexibility index (Phi) is 18.7.